The molecule has 0 aliphatic carbocycles. The van der Waals surface area contributed by atoms with Crippen molar-refractivity contribution >= 4 is 17.5 Å². The lowest BCUT2D eigenvalue weighted by Gasteiger charge is -2.17. The maximum Gasteiger partial charge on any atom is 0.254 e. The first-order chi connectivity index (χ1) is 14.1. The predicted octanol–water partition coefficient (Wildman–Crippen LogP) is 4.04. The van der Waals surface area contributed by atoms with Gasteiger partial charge in [0.05, 0.1) is 20.1 Å². The summed E-state index contributed by atoms with van der Waals surface area (Å²) in [6.45, 7) is 1.14. The number of hydrogen-bond donors (Lipinski definition) is 0. The number of halogens is 1. The lowest BCUT2D eigenvalue weighted by molar-refractivity contribution is 0.0789. The Morgan fingerprint density at radius 2 is 1.86 bits per heavy atom. The van der Waals surface area contributed by atoms with Crippen LogP contribution in [-0.2, 0) is 0 Å². The van der Waals surface area contributed by atoms with Gasteiger partial charge in [-0.2, -0.15) is 0 Å². The van der Waals surface area contributed by atoms with Crippen LogP contribution in [0.25, 0.3) is 11.5 Å². The fraction of sp³-hybridized carbons (Fsp3) is 0.286. The van der Waals surface area contributed by atoms with Crippen molar-refractivity contribution in [3.05, 3.63) is 58.9 Å². The first-order valence-corrected chi connectivity index (χ1v) is 9.57. The van der Waals surface area contributed by atoms with Crippen LogP contribution in [0.1, 0.15) is 28.6 Å². The van der Waals surface area contributed by atoms with Gasteiger partial charge < -0.3 is 18.8 Å². The maximum absolute atomic E-state index is 12.9. The molecule has 0 N–H and O–H groups in total. The first kappa shape index (κ1) is 19.3. The van der Waals surface area contributed by atoms with Crippen molar-refractivity contribution in [2.45, 2.75) is 12.3 Å². The fourth-order valence-electron chi connectivity index (χ4n) is 3.41. The predicted molar refractivity (Wildman–Crippen MR) is 108 cm³/mol. The number of amides is 1. The molecule has 1 amide bonds. The third kappa shape index (κ3) is 3.91. The molecule has 1 aliphatic rings. The van der Waals surface area contributed by atoms with Crippen molar-refractivity contribution in [2.75, 3.05) is 27.3 Å². The molecular weight excluding hydrogens is 394 g/mol. The van der Waals surface area contributed by atoms with E-state index in [9.17, 15) is 4.79 Å². The number of carbonyl (C=O) groups excluding carboxylic acids is 1. The van der Waals surface area contributed by atoms with Gasteiger partial charge in [-0.05, 0) is 48.9 Å². The van der Waals surface area contributed by atoms with Crippen molar-refractivity contribution in [1.29, 1.82) is 0 Å². The Bertz CT molecular complexity index is 1020. The molecule has 4 rings (SSSR count). The number of aromatic nitrogens is 2. The average Bonchev–Trinajstić information content (AvgIpc) is 3.43. The van der Waals surface area contributed by atoms with E-state index in [1.165, 1.54) is 0 Å². The van der Waals surface area contributed by atoms with Crippen LogP contribution in [0, 0.1) is 0 Å². The van der Waals surface area contributed by atoms with Crippen molar-refractivity contribution in [3.8, 4) is 23.0 Å². The van der Waals surface area contributed by atoms with E-state index in [4.69, 9.17) is 25.5 Å². The number of hydrogen-bond acceptors (Lipinski definition) is 6. The van der Waals surface area contributed by atoms with Crippen LogP contribution >= 0.6 is 11.6 Å². The zero-order valence-electron chi connectivity index (χ0n) is 16.1. The zero-order chi connectivity index (χ0) is 20.4. The van der Waals surface area contributed by atoms with Gasteiger partial charge in [-0.25, -0.2) is 0 Å². The van der Waals surface area contributed by atoms with Crippen LogP contribution in [0.4, 0.5) is 0 Å². The molecule has 3 aromatic rings. The first-order valence-electron chi connectivity index (χ1n) is 9.19. The Balaban J connectivity index is 1.47. The van der Waals surface area contributed by atoms with Gasteiger partial charge in [0.15, 0.2) is 11.5 Å². The Hall–Kier alpha value is -3.06. The Labute approximate surface area is 173 Å². The van der Waals surface area contributed by atoms with E-state index in [2.05, 4.69) is 10.2 Å². The maximum atomic E-state index is 12.9. The van der Waals surface area contributed by atoms with E-state index in [0.717, 1.165) is 12.0 Å². The number of rotatable bonds is 5. The summed E-state index contributed by atoms with van der Waals surface area (Å²) in [4.78, 5) is 14.7. The van der Waals surface area contributed by atoms with E-state index in [1.54, 1.807) is 49.5 Å². The molecule has 1 fully saturated rings. The second kappa shape index (κ2) is 8.13. The molecule has 1 aliphatic heterocycles. The normalized spacial score (nSPS) is 16.1. The Morgan fingerprint density at radius 3 is 2.59 bits per heavy atom. The van der Waals surface area contributed by atoms with Gasteiger partial charge in [-0.1, -0.05) is 11.6 Å². The van der Waals surface area contributed by atoms with Crippen LogP contribution in [0.2, 0.25) is 5.02 Å². The number of benzene rings is 2. The van der Waals surface area contributed by atoms with E-state index in [-0.39, 0.29) is 11.8 Å². The van der Waals surface area contributed by atoms with Gasteiger partial charge in [-0.3, -0.25) is 4.79 Å². The number of ether oxygens (including phenoxy) is 2. The minimum absolute atomic E-state index is 0.00708. The molecule has 150 valence electrons. The van der Waals surface area contributed by atoms with Gasteiger partial charge in [0.2, 0.25) is 11.8 Å². The van der Waals surface area contributed by atoms with Gasteiger partial charge in [0, 0.05) is 29.2 Å². The van der Waals surface area contributed by atoms with E-state index in [1.807, 2.05) is 12.1 Å². The van der Waals surface area contributed by atoms with Crippen LogP contribution < -0.4 is 9.47 Å². The van der Waals surface area contributed by atoms with Gasteiger partial charge in [0.25, 0.3) is 5.91 Å². The Morgan fingerprint density at radius 1 is 1.10 bits per heavy atom. The highest BCUT2D eigenvalue weighted by molar-refractivity contribution is 6.30. The van der Waals surface area contributed by atoms with E-state index < -0.39 is 0 Å². The molecule has 7 nitrogen and oxygen atoms in total. The number of carbonyl (C=O) groups is 1. The zero-order valence-corrected chi connectivity index (χ0v) is 16.8. The number of likely N-dealkylation sites (tertiary alicyclic amines) is 1. The molecule has 8 heteroatoms. The van der Waals surface area contributed by atoms with E-state index >= 15 is 0 Å². The molecule has 0 radical (unpaired) electrons. The van der Waals surface area contributed by atoms with Crippen molar-refractivity contribution < 1.29 is 18.7 Å². The summed E-state index contributed by atoms with van der Waals surface area (Å²) in [7, 11) is 3.11. The highest BCUT2D eigenvalue weighted by atomic mass is 35.5. The molecule has 1 aromatic heterocycles. The molecular formula is C21H20ClN3O4. The van der Waals surface area contributed by atoms with Crippen molar-refractivity contribution in [1.82, 2.24) is 15.1 Å². The molecule has 1 atom stereocenters. The van der Waals surface area contributed by atoms with Crippen LogP contribution in [-0.4, -0.2) is 48.3 Å². The van der Waals surface area contributed by atoms with Crippen molar-refractivity contribution in [3.63, 3.8) is 0 Å². The summed E-state index contributed by atoms with van der Waals surface area (Å²) >= 11 is 5.92. The van der Waals surface area contributed by atoms with Crippen LogP contribution in [0.5, 0.6) is 11.5 Å². The number of methoxy groups -OCH3 is 2. The molecule has 29 heavy (non-hydrogen) atoms. The summed E-state index contributed by atoms with van der Waals surface area (Å²) in [6.07, 6.45) is 0.765. The van der Waals surface area contributed by atoms with E-state index in [0.29, 0.717) is 47.0 Å². The molecule has 0 saturated carbocycles. The second-order valence-corrected chi connectivity index (χ2v) is 7.20. The summed E-state index contributed by atoms with van der Waals surface area (Å²) in [5, 5.41) is 8.97. The average molecular weight is 414 g/mol. The Kier molecular flexibility index (Phi) is 5.40. The SMILES string of the molecule is COc1ccc(C(=O)N2CC[C@H](c3nnc(-c4ccc(Cl)cc4)o3)C2)cc1OC. The van der Waals surface area contributed by atoms with Gasteiger partial charge in [0.1, 0.15) is 0 Å². The highest BCUT2D eigenvalue weighted by Crippen LogP contribution is 2.32. The van der Waals surface area contributed by atoms with Crippen molar-refractivity contribution in [2.24, 2.45) is 0 Å². The fourth-order valence-corrected chi connectivity index (χ4v) is 3.53. The van der Waals surface area contributed by atoms with Gasteiger partial charge in [-0.15, -0.1) is 10.2 Å². The summed E-state index contributed by atoms with van der Waals surface area (Å²) < 4.78 is 16.4. The smallest absolute Gasteiger partial charge is 0.254 e. The highest BCUT2D eigenvalue weighted by Gasteiger charge is 2.31. The number of nitrogens with zero attached hydrogens (tertiary/aromatic N) is 3. The monoisotopic (exact) mass is 413 g/mol. The lowest BCUT2D eigenvalue weighted by Crippen LogP contribution is -2.28. The third-order valence-electron chi connectivity index (χ3n) is 4.99. The molecule has 0 unspecified atom stereocenters. The van der Waals surface area contributed by atoms with Crippen LogP contribution in [0.15, 0.2) is 46.9 Å². The lowest BCUT2D eigenvalue weighted by atomic mass is 10.1. The summed E-state index contributed by atoms with van der Waals surface area (Å²) in [6, 6.07) is 12.4. The molecule has 0 bridgehead atoms. The largest absolute Gasteiger partial charge is 0.493 e. The molecule has 1 saturated heterocycles. The standard InChI is InChI=1S/C21H20ClN3O4/c1-27-17-8-5-14(11-18(17)28-2)21(26)25-10-9-15(12-25)20-24-23-19(29-20)13-3-6-16(22)7-4-13/h3-8,11,15H,9-10,12H2,1-2H3/t15-/m0/s1. The second-order valence-electron chi connectivity index (χ2n) is 6.76. The van der Waals surface area contributed by atoms with Crippen LogP contribution in [0.3, 0.4) is 0 Å². The minimum Gasteiger partial charge on any atom is -0.493 e. The molecule has 2 heterocycles. The molecule has 0 spiro atoms. The minimum atomic E-state index is -0.0640. The third-order valence-corrected chi connectivity index (χ3v) is 5.24. The summed E-state index contributed by atoms with van der Waals surface area (Å²) in [5.74, 6) is 2.04. The topological polar surface area (TPSA) is 77.7 Å². The summed E-state index contributed by atoms with van der Waals surface area (Å²) in [5.41, 5.74) is 1.36. The molecule has 2 aromatic carbocycles. The van der Waals surface area contributed by atoms with Gasteiger partial charge >= 0.3 is 0 Å². The quantitative estimate of drug-likeness (QED) is 0.628.